The Labute approximate surface area is 121 Å². The minimum Gasteiger partial charge on any atom is -0.427 e. The zero-order chi connectivity index (χ0) is 15.6. The average Bonchev–Trinajstić information content (AvgIpc) is 2.80. The van der Waals surface area contributed by atoms with Gasteiger partial charge in [0.15, 0.2) is 5.75 Å². The number of rotatable bonds is 4. The lowest BCUT2D eigenvalue weighted by molar-refractivity contribution is -0.138. The third-order valence-electron chi connectivity index (χ3n) is 2.23. The van der Waals surface area contributed by atoms with Crippen LogP contribution in [0.4, 0.5) is 23.2 Å². The fourth-order valence-corrected chi connectivity index (χ4v) is 2.05. The standard InChI is InChI=1S/C12H11F4N3OS/c1-6(2)17-8-4-3-7(13)5-9(8)20-11-19-18-10(21-11)12(14,15)16/h3-6,17H,1-2H3. The summed E-state index contributed by atoms with van der Waals surface area (Å²) in [4.78, 5) is 0. The van der Waals surface area contributed by atoms with Gasteiger partial charge in [0, 0.05) is 12.1 Å². The maximum Gasteiger partial charge on any atom is 0.445 e. The lowest BCUT2D eigenvalue weighted by atomic mass is 10.2. The van der Waals surface area contributed by atoms with E-state index in [0.717, 1.165) is 6.07 Å². The minimum atomic E-state index is -4.58. The normalized spacial score (nSPS) is 11.8. The van der Waals surface area contributed by atoms with Crippen LogP contribution in [0, 0.1) is 5.82 Å². The summed E-state index contributed by atoms with van der Waals surface area (Å²) in [6, 6.07) is 3.77. The van der Waals surface area contributed by atoms with Crippen LogP contribution in [0.2, 0.25) is 0 Å². The van der Waals surface area contributed by atoms with Gasteiger partial charge in [0.2, 0.25) is 5.01 Å². The van der Waals surface area contributed by atoms with Crippen LogP contribution in [-0.2, 0) is 6.18 Å². The summed E-state index contributed by atoms with van der Waals surface area (Å²) in [5.74, 6) is -0.520. The van der Waals surface area contributed by atoms with E-state index in [4.69, 9.17) is 4.74 Å². The molecule has 0 radical (unpaired) electrons. The number of nitrogens with one attached hydrogen (secondary N) is 1. The Balaban J connectivity index is 2.26. The number of anilines is 1. The molecule has 0 aliphatic heterocycles. The summed E-state index contributed by atoms with van der Waals surface area (Å²) in [7, 11) is 0. The highest BCUT2D eigenvalue weighted by molar-refractivity contribution is 7.13. The van der Waals surface area contributed by atoms with Crippen molar-refractivity contribution < 1.29 is 22.3 Å². The number of alkyl halides is 3. The van der Waals surface area contributed by atoms with E-state index in [2.05, 4.69) is 15.5 Å². The molecule has 4 nitrogen and oxygen atoms in total. The molecule has 2 aromatic rings. The van der Waals surface area contributed by atoms with Gasteiger partial charge in [-0.25, -0.2) is 4.39 Å². The molecule has 0 spiro atoms. The third-order valence-corrected chi connectivity index (χ3v) is 3.08. The van der Waals surface area contributed by atoms with Crippen LogP contribution in [0.5, 0.6) is 10.9 Å². The summed E-state index contributed by atoms with van der Waals surface area (Å²) >= 11 is 0.248. The van der Waals surface area contributed by atoms with Gasteiger partial charge in [-0.15, -0.1) is 5.10 Å². The lowest BCUT2D eigenvalue weighted by Crippen LogP contribution is -2.10. The molecule has 0 bridgehead atoms. The average molecular weight is 321 g/mol. The summed E-state index contributed by atoms with van der Waals surface area (Å²) in [5.41, 5.74) is 0.454. The van der Waals surface area contributed by atoms with Crippen molar-refractivity contribution in [3.63, 3.8) is 0 Å². The minimum absolute atomic E-state index is 0.0398. The number of hydrogen-bond acceptors (Lipinski definition) is 5. The van der Waals surface area contributed by atoms with Gasteiger partial charge in [0.05, 0.1) is 5.69 Å². The molecule has 1 aromatic carbocycles. The first-order valence-electron chi connectivity index (χ1n) is 5.90. The Kier molecular flexibility index (Phi) is 4.31. The second-order valence-electron chi connectivity index (χ2n) is 4.41. The molecule has 0 atom stereocenters. The zero-order valence-electron chi connectivity index (χ0n) is 11.0. The molecule has 2 rings (SSSR count). The molecular weight excluding hydrogens is 310 g/mol. The van der Waals surface area contributed by atoms with Crippen molar-refractivity contribution in [1.82, 2.24) is 10.2 Å². The van der Waals surface area contributed by atoms with Crippen molar-refractivity contribution in [2.45, 2.75) is 26.1 Å². The van der Waals surface area contributed by atoms with Crippen LogP contribution in [0.15, 0.2) is 18.2 Å². The van der Waals surface area contributed by atoms with Gasteiger partial charge in [-0.05, 0) is 26.0 Å². The quantitative estimate of drug-likeness (QED) is 0.853. The van der Waals surface area contributed by atoms with Gasteiger partial charge >= 0.3 is 6.18 Å². The number of aromatic nitrogens is 2. The molecule has 1 N–H and O–H groups in total. The number of halogens is 4. The molecule has 9 heteroatoms. The largest absolute Gasteiger partial charge is 0.445 e. The van der Waals surface area contributed by atoms with E-state index in [-0.39, 0.29) is 28.3 Å². The van der Waals surface area contributed by atoms with Crippen LogP contribution in [0.3, 0.4) is 0 Å². The lowest BCUT2D eigenvalue weighted by Gasteiger charge is -2.14. The van der Waals surface area contributed by atoms with E-state index >= 15 is 0 Å². The second-order valence-corrected chi connectivity index (χ2v) is 5.35. The molecule has 0 aliphatic rings. The maximum atomic E-state index is 13.3. The Morgan fingerprint density at radius 1 is 1.24 bits per heavy atom. The highest BCUT2D eigenvalue weighted by Gasteiger charge is 2.36. The molecule has 114 valence electrons. The van der Waals surface area contributed by atoms with Crippen molar-refractivity contribution in [3.05, 3.63) is 29.0 Å². The van der Waals surface area contributed by atoms with Crippen LogP contribution >= 0.6 is 11.3 Å². The van der Waals surface area contributed by atoms with Crippen LogP contribution in [0.1, 0.15) is 18.9 Å². The summed E-state index contributed by atoms with van der Waals surface area (Å²) in [6.45, 7) is 3.72. The molecule has 21 heavy (non-hydrogen) atoms. The summed E-state index contributed by atoms with van der Waals surface area (Å²) in [5, 5.41) is 7.88. The third kappa shape index (κ3) is 4.03. The van der Waals surface area contributed by atoms with Gasteiger partial charge in [-0.3, -0.25) is 0 Å². The zero-order valence-corrected chi connectivity index (χ0v) is 11.8. The maximum absolute atomic E-state index is 13.3. The molecule has 0 amide bonds. The smallest absolute Gasteiger partial charge is 0.427 e. The molecule has 1 aromatic heterocycles. The molecule has 1 heterocycles. The fourth-order valence-electron chi connectivity index (χ4n) is 1.47. The van der Waals surface area contributed by atoms with E-state index in [1.165, 1.54) is 12.1 Å². The highest BCUT2D eigenvalue weighted by Crippen LogP contribution is 2.37. The Morgan fingerprint density at radius 2 is 1.95 bits per heavy atom. The van der Waals surface area contributed by atoms with E-state index in [0.29, 0.717) is 5.69 Å². The van der Waals surface area contributed by atoms with E-state index < -0.39 is 17.0 Å². The summed E-state index contributed by atoms with van der Waals surface area (Å²) in [6.07, 6.45) is -4.58. The Bertz CT molecular complexity index is 627. The molecule has 0 saturated carbocycles. The van der Waals surface area contributed by atoms with Crippen molar-refractivity contribution >= 4 is 17.0 Å². The molecular formula is C12H11F4N3OS. The van der Waals surface area contributed by atoms with E-state index in [1.54, 1.807) is 0 Å². The van der Waals surface area contributed by atoms with Crippen LogP contribution in [-0.4, -0.2) is 16.2 Å². The van der Waals surface area contributed by atoms with Gasteiger partial charge in [0.25, 0.3) is 5.19 Å². The fraction of sp³-hybridized carbons (Fsp3) is 0.333. The van der Waals surface area contributed by atoms with Gasteiger partial charge in [0.1, 0.15) is 5.82 Å². The highest BCUT2D eigenvalue weighted by atomic mass is 32.1. The molecule has 0 unspecified atom stereocenters. The van der Waals surface area contributed by atoms with Crippen molar-refractivity contribution in [2.24, 2.45) is 0 Å². The number of benzene rings is 1. The van der Waals surface area contributed by atoms with Crippen LogP contribution in [0.25, 0.3) is 0 Å². The van der Waals surface area contributed by atoms with Gasteiger partial charge in [-0.1, -0.05) is 16.4 Å². The molecule has 0 fully saturated rings. The predicted octanol–water partition coefficient (Wildman–Crippen LogP) is 4.31. The number of hydrogen-bond donors (Lipinski definition) is 1. The Hall–Kier alpha value is -1.90. The van der Waals surface area contributed by atoms with Gasteiger partial charge < -0.3 is 10.1 Å². The summed E-state index contributed by atoms with van der Waals surface area (Å²) < 4.78 is 55.8. The monoisotopic (exact) mass is 321 g/mol. The van der Waals surface area contributed by atoms with Crippen molar-refractivity contribution in [2.75, 3.05) is 5.32 Å². The molecule has 0 aliphatic carbocycles. The predicted molar refractivity (Wildman–Crippen MR) is 70.1 cm³/mol. The SMILES string of the molecule is CC(C)Nc1ccc(F)cc1Oc1nnc(C(F)(F)F)s1. The van der Waals surface area contributed by atoms with E-state index in [1.807, 2.05) is 13.8 Å². The van der Waals surface area contributed by atoms with Crippen molar-refractivity contribution in [3.8, 4) is 10.9 Å². The topological polar surface area (TPSA) is 47.0 Å². The first kappa shape index (κ1) is 15.5. The first-order valence-corrected chi connectivity index (χ1v) is 6.72. The number of ether oxygens (including phenoxy) is 1. The van der Waals surface area contributed by atoms with E-state index in [9.17, 15) is 17.6 Å². The first-order chi connectivity index (χ1) is 9.75. The van der Waals surface area contributed by atoms with Crippen molar-refractivity contribution in [1.29, 1.82) is 0 Å². The number of nitrogens with zero attached hydrogens (tertiary/aromatic N) is 2. The Morgan fingerprint density at radius 3 is 2.52 bits per heavy atom. The molecule has 0 saturated heterocycles. The second kappa shape index (κ2) is 5.84. The van der Waals surface area contributed by atoms with Gasteiger partial charge in [-0.2, -0.15) is 13.2 Å². The van der Waals surface area contributed by atoms with Crippen LogP contribution < -0.4 is 10.1 Å².